The summed E-state index contributed by atoms with van der Waals surface area (Å²) in [6, 6.07) is 2.97. The molecule has 1 atom stereocenters. The number of carbonyl (C=O) groups excluding carboxylic acids is 1. The molecule has 6 nitrogen and oxygen atoms in total. The Morgan fingerprint density at radius 3 is 2.97 bits per heavy atom. The summed E-state index contributed by atoms with van der Waals surface area (Å²) >= 11 is 8.25. The lowest BCUT2D eigenvalue weighted by Crippen LogP contribution is -2.14. The Morgan fingerprint density at radius 1 is 1.48 bits per heavy atom. The molecule has 0 saturated heterocycles. The first kappa shape index (κ1) is 21.9. The van der Waals surface area contributed by atoms with Crippen molar-refractivity contribution in [2.45, 2.75) is 37.5 Å². The van der Waals surface area contributed by atoms with Gasteiger partial charge in [-0.05, 0) is 36.8 Å². The maximum absolute atomic E-state index is 13.1. The average molecular weight is 486 g/mol. The first-order valence-corrected chi connectivity index (χ1v) is 11.4. The molecule has 0 saturated carbocycles. The molecule has 1 aliphatic rings. The molecule has 0 unspecified atom stereocenters. The van der Waals surface area contributed by atoms with Crippen molar-refractivity contribution in [1.29, 1.82) is 5.26 Å². The van der Waals surface area contributed by atoms with Gasteiger partial charge in [0.15, 0.2) is 10.8 Å². The smallest absolute Gasteiger partial charge is 0.316 e. The van der Waals surface area contributed by atoms with E-state index in [2.05, 4.69) is 28.5 Å². The monoisotopic (exact) mass is 485 g/mol. The molecule has 12 heteroatoms. The number of rotatable bonds is 4. The molecule has 162 valence electrons. The fourth-order valence-corrected chi connectivity index (χ4v) is 5.77. The topological polar surface area (TPSA) is 83.1 Å². The molecule has 0 fully saturated rings. The van der Waals surface area contributed by atoms with Gasteiger partial charge in [0.25, 0.3) is 0 Å². The van der Waals surface area contributed by atoms with E-state index >= 15 is 0 Å². The number of nitrogens with zero attached hydrogens (tertiary/aromatic N) is 4. The fraction of sp³-hybridized carbons (Fsp3) is 0.368. The molecule has 3 aromatic heterocycles. The number of halogens is 4. The van der Waals surface area contributed by atoms with E-state index < -0.39 is 11.7 Å². The molecule has 0 aliphatic heterocycles. The van der Waals surface area contributed by atoms with Crippen LogP contribution in [0.3, 0.4) is 0 Å². The van der Waals surface area contributed by atoms with Crippen molar-refractivity contribution in [3.63, 3.8) is 0 Å². The molecule has 0 radical (unpaired) electrons. The number of fused-ring (bicyclic) bond motifs is 2. The van der Waals surface area contributed by atoms with Crippen LogP contribution in [0, 0.1) is 17.2 Å². The van der Waals surface area contributed by atoms with Gasteiger partial charge in [0.05, 0.1) is 21.9 Å². The molecule has 0 spiro atoms. The van der Waals surface area contributed by atoms with Crippen LogP contribution < -0.4 is 5.32 Å². The number of thiophene rings is 1. The quantitative estimate of drug-likeness (QED) is 0.514. The number of amides is 1. The van der Waals surface area contributed by atoms with Crippen LogP contribution in [0.25, 0.3) is 5.65 Å². The number of anilines is 1. The van der Waals surface area contributed by atoms with E-state index in [0.29, 0.717) is 16.5 Å². The van der Waals surface area contributed by atoms with E-state index in [4.69, 9.17) is 11.6 Å². The van der Waals surface area contributed by atoms with Crippen LogP contribution in [0.2, 0.25) is 5.02 Å². The highest BCUT2D eigenvalue weighted by Gasteiger charge is 2.32. The first-order chi connectivity index (χ1) is 14.7. The maximum Gasteiger partial charge on any atom is 0.417 e. The van der Waals surface area contributed by atoms with Crippen molar-refractivity contribution in [2.24, 2.45) is 5.92 Å². The van der Waals surface area contributed by atoms with Gasteiger partial charge in [-0.2, -0.15) is 18.4 Å². The standard InChI is InChI=1S/C19H15ClF3N5OS2/c1-9-2-3-11-12(6-24)17(31-14(11)4-9)25-15(29)8-30-18-27-26-16-13(20)5-10(7-28(16)18)19(21,22)23/h5,7,9H,2-4,8H2,1H3,(H,25,29)/t9-/m1/s1. The van der Waals surface area contributed by atoms with Crippen molar-refractivity contribution >= 4 is 51.3 Å². The number of hydrogen-bond acceptors (Lipinski definition) is 6. The second-order valence-electron chi connectivity index (χ2n) is 7.26. The molecular weight excluding hydrogens is 471 g/mol. The average Bonchev–Trinajstić information content (AvgIpc) is 3.26. The Labute approximate surface area is 188 Å². The number of aromatic nitrogens is 3. The van der Waals surface area contributed by atoms with E-state index in [-0.39, 0.29) is 27.5 Å². The molecule has 31 heavy (non-hydrogen) atoms. The second-order valence-corrected chi connectivity index (χ2v) is 9.71. The van der Waals surface area contributed by atoms with Gasteiger partial charge >= 0.3 is 6.18 Å². The summed E-state index contributed by atoms with van der Waals surface area (Å²) in [4.78, 5) is 13.6. The number of alkyl halides is 3. The van der Waals surface area contributed by atoms with Crippen molar-refractivity contribution in [3.8, 4) is 6.07 Å². The first-order valence-electron chi connectivity index (χ1n) is 9.26. The third-order valence-electron chi connectivity index (χ3n) is 4.96. The summed E-state index contributed by atoms with van der Waals surface area (Å²) in [5.41, 5.74) is 0.642. The number of nitrogens with one attached hydrogen (secondary N) is 1. The van der Waals surface area contributed by atoms with Crippen molar-refractivity contribution in [2.75, 3.05) is 11.1 Å². The molecule has 4 rings (SSSR count). The maximum atomic E-state index is 13.1. The van der Waals surface area contributed by atoms with Crippen LogP contribution in [-0.4, -0.2) is 26.3 Å². The van der Waals surface area contributed by atoms with Crippen molar-refractivity contribution in [1.82, 2.24) is 14.6 Å². The Bertz CT molecular complexity index is 1210. The van der Waals surface area contributed by atoms with Gasteiger partial charge in [-0.3, -0.25) is 9.20 Å². The molecule has 1 aliphatic carbocycles. The number of thioether (sulfide) groups is 1. The van der Waals surface area contributed by atoms with Gasteiger partial charge in [-0.1, -0.05) is 30.3 Å². The van der Waals surface area contributed by atoms with E-state index in [9.17, 15) is 23.2 Å². The van der Waals surface area contributed by atoms with Crippen LogP contribution in [-0.2, 0) is 23.8 Å². The molecule has 0 bridgehead atoms. The highest BCUT2D eigenvalue weighted by atomic mass is 35.5. The predicted molar refractivity (Wildman–Crippen MR) is 113 cm³/mol. The Kier molecular flexibility index (Phi) is 5.89. The van der Waals surface area contributed by atoms with Crippen molar-refractivity contribution < 1.29 is 18.0 Å². The highest BCUT2D eigenvalue weighted by molar-refractivity contribution is 7.99. The fourth-order valence-electron chi connectivity index (χ4n) is 3.44. The lowest BCUT2D eigenvalue weighted by atomic mass is 9.89. The summed E-state index contributed by atoms with van der Waals surface area (Å²) in [7, 11) is 0. The van der Waals surface area contributed by atoms with Crippen LogP contribution in [0.5, 0.6) is 0 Å². The van der Waals surface area contributed by atoms with Gasteiger partial charge < -0.3 is 5.32 Å². The minimum atomic E-state index is -4.58. The summed E-state index contributed by atoms with van der Waals surface area (Å²) in [5, 5.41) is 20.4. The second kappa shape index (κ2) is 8.33. The van der Waals surface area contributed by atoms with E-state index in [1.807, 2.05) is 0 Å². The molecule has 1 N–H and O–H groups in total. The number of nitriles is 1. The SMILES string of the molecule is C[C@@H]1CCc2c(sc(NC(=O)CSc3nnc4c(Cl)cc(C(F)(F)F)cn34)c2C#N)C1. The van der Waals surface area contributed by atoms with Gasteiger partial charge in [0, 0.05) is 11.1 Å². The molecule has 3 heterocycles. The van der Waals surface area contributed by atoms with E-state index in [0.717, 1.165) is 58.1 Å². The summed E-state index contributed by atoms with van der Waals surface area (Å²) in [5.74, 6) is 0.0350. The molecule has 1 amide bonds. The molecular formula is C19H15ClF3N5OS2. The van der Waals surface area contributed by atoms with Crippen molar-refractivity contribution in [3.05, 3.63) is 38.9 Å². The summed E-state index contributed by atoms with van der Waals surface area (Å²) in [6.07, 6.45) is -1.03. The zero-order chi connectivity index (χ0) is 22.3. The van der Waals surface area contributed by atoms with Gasteiger partial charge in [0.1, 0.15) is 11.1 Å². The Balaban J connectivity index is 1.51. The van der Waals surface area contributed by atoms with Gasteiger partial charge in [-0.15, -0.1) is 21.5 Å². The lowest BCUT2D eigenvalue weighted by Gasteiger charge is -2.17. The van der Waals surface area contributed by atoms with Crippen LogP contribution in [0.4, 0.5) is 18.2 Å². The third kappa shape index (κ3) is 4.37. The zero-order valence-corrected chi connectivity index (χ0v) is 18.5. The van der Waals surface area contributed by atoms with Crippen LogP contribution in [0.1, 0.15) is 34.9 Å². The normalized spacial score (nSPS) is 16.2. The van der Waals surface area contributed by atoms with E-state index in [1.165, 1.54) is 11.3 Å². The number of pyridine rings is 1. The summed E-state index contributed by atoms with van der Waals surface area (Å²) < 4.78 is 40.3. The minimum Gasteiger partial charge on any atom is -0.316 e. The van der Waals surface area contributed by atoms with Crippen LogP contribution in [0.15, 0.2) is 17.4 Å². The van der Waals surface area contributed by atoms with Crippen LogP contribution >= 0.6 is 34.7 Å². The Hall–Kier alpha value is -2.29. The summed E-state index contributed by atoms with van der Waals surface area (Å²) in [6.45, 7) is 2.16. The van der Waals surface area contributed by atoms with E-state index in [1.54, 1.807) is 0 Å². The highest BCUT2D eigenvalue weighted by Crippen LogP contribution is 2.39. The lowest BCUT2D eigenvalue weighted by molar-refractivity contribution is -0.137. The molecule has 3 aromatic rings. The Morgan fingerprint density at radius 2 is 2.26 bits per heavy atom. The van der Waals surface area contributed by atoms with Gasteiger partial charge in [-0.25, -0.2) is 0 Å². The predicted octanol–water partition coefficient (Wildman–Crippen LogP) is 5.19. The van der Waals surface area contributed by atoms with Gasteiger partial charge in [0.2, 0.25) is 5.91 Å². The zero-order valence-electron chi connectivity index (χ0n) is 16.1. The largest absolute Gasteiger partial charge is 0.417 e. The molecule has 0 aromatic carbocycles. The number of carbonyl (C=O) groups is 1. The minimum absolute atomic E-state index is 0.0735. The number of hydrogen-bond donors (Lipinski definition) is 1. The third-order valence-corrected chi connectivity index (χ3v) is 7.36.